The van der Waals surface area contributed by atoms with Crippen LogP contribution < -0.4 is 0 Å². The maximum atomic E-state index is 2.72. The first-order chi connectivity index (χ1) is 7.84. The summed E-state index contributed by atoms with van der Waals surface area (Å²) in [5.41, 5.74) is 3.14. The van der Waals surface area contributed by atoms with Crippen molar-refractivity contribution in [3.8, 4) is 0 Å². The van der Waals surface area contributed by atoms with Gasteiger partial charge in [0.1, 0.15) is 0 Å². The number of hydrogen-bond donors (Lipinski definition) is 0. The third-order valence-corrected chi connectivity index (χ3v) is 4.31. The lowest BCUT2D eigenvalue weighted by Gasteiger charge is -2.37. The quantitative estimate of drug-likeness (QED) is 0.692. The van der Waals surface area contributed by atoms with Gasteiger partial charge in [-0.2, -0.15) is 0 Å². The highest BCUT2D eigenvalue weighted by Crippen LogP contribution is 2.33. The van der Waals surface area contributed by atoms with E-state index in [1.165, 1.54) is 38.8 Å². The Balaban J connectivity index is 1.83. The molecule has 1 saturated carbocycles. The summed E-state index contributed by atoms with van der Waals surface area (Å²) in [5.74, 6) is 0.713. The SMILES string of the molecule is CC1CN(C2CCCC2)Cc2ccccc21. The summed E-state index contributed by atoms with van der Waals surface area (Å²) in [5, 5.41) is 0. The molecule has 1 unspecified atom stereocenters. The molecule has 2 aliphatic rings. The van der Waals surface area contributed by atoms with E-state index in [0.29, 0.717) is 5.92 Å². The third-order valence-electron chi connectivity index (χ3n) is 4.31. The average Bonchev–Trinajstić information content (AvgIpc) is 2.82. The van der Waals surface area contributed by atoms with E-state index in [2.05, 4.69) is 36.1 Å². The molecule has 1 aromatic rings. The van der Waals surface area contributed by atoms with Crippen LogP contribution in [-0.2, 0) is 6.54 Å². The molecule has 1 aliphatic carbocycles. The zero-order valence-electron chi connectivity index (χ0n) is 10.2. The predicted molar refractivity (Wildman–Crippen MR) is 67.5 cm³/mol. The van der Waals surface area contributed by atoms with Gasteiger partial charge < -0.3 is 0 Å². The van der Waals surface area contributed by atoms with Gasteiger partial charge in [-0.15, -0.1) is 0 Å². The van der Waals surface area contributed by atoms with E-state index in [0.717, 1.165) is 6.04 Å². The van der Waals surface area contributed by atoms with E-state index in [1.54, 1.807) is 11.1 Å². The van der Waals surface area contributed by atoms with E-state index in [4.69, 9.17) is 0 Å². The second kappa shape index (κ2) is 4.21. The Hall–Kier alpha value is -0.820. The van der Waals surface area contributed by atoms with Crippen molar-refractivity contribution < 1.29 is 0 Å². The summed E-state index contributed by atoms with van der Waals surface area (Å²) in [7, 11) is 0. The third kappa shape index (κ3) is 1.78. The van der Waals surface area contributed by atoms with E-state index in [9.17, 15) is 0 Å². The van der Waals surface area contributed by atoms with Crippen LogP contribution in [0.2, 0.25) is 0 Å². The van der Waals surface area contributed by atoms with Crippen LogP contribution in [0.4, 0.5) is 0 Å². The smallest absolute Gasteiger partial charge is 0.0239 e. The molecule has 0 spiro atoms. The molecule has 1 fully saturated rings. The highest BCUT2D eigenvalue weighted by molar-refractivity contribution is 5.32. The molecule has 3 rings (SSSR count). The van der Waals surface area contributed by atoms with Crippen molar-refractivity contribution in [2.75, 3.05) is 6.54 Å². The van der Waals surface area contributed by atoms with Crippen molar-refractivity contribution in [3.63, 3.8) is 0 Å². The molecule has 0 aromatic heterocycles. The van der Waals surface area contributed by atoms with E-state index in [-0.39, 0.29) is 0 Å². The zero-order valence-corrected chi connectivity index (χ0v) is 10.2. The molecule has 0 saturated heterocycles. The molecule has 1 nitrogen and oxygen atoms in total. The lowest BCUT2D eigenvalue weighted by Crippen LogP contribution is -2.39. The maximum Gasteiger partial charge on any atom is 0.0239 e. The molecule has 1 atom stereocenters. The van der Waals surface area contributed by atoms with Gasteiger partial charge in [-0.05, 0) is 29.9 Å². The van der Waals surface area contributed by atoms with Gasteiger partial charge in [0.15, 0.2) is 0 Å². The minimum atomic E-state index is 0.713. The van der Waals surface area contributed by atoms with Gasteiger partial charge in [0.2, 0.25) is 0 Å². The van der Waals surface area contributed by atoms with E-state index >= 15 is 0 Å². The molecule has 1 aliphatic heterocycles. The van der Waals surface area contributed by atoms with Crippen LogP contribution >= 0.6 is 0 Å². The van der Waals surface area contributed by atoms with E-state index < -0.39 is 0 Å². The first kappa shape index (κ1) is 10.3. The van der Waals surface area contributed by atoms with Crippen molar-refractivity contribution >= 4 is 0 Å². The largest absolute Gasteiger partial charge is 0.296 e. The summed E-state index contributed by atoms with van der Waals surface area (Å²) in [4.78, 5) is 2.72. The maximum absolute atomic E-state index is 2.72. The summed E-state index contributed by atoms with van der Waals surface area (Å²) < 4.78 is 0. The minimum Gasteiger partial charge on any atom is -0.296 e. The van der Waals surface area contributed by atoms with Crippen LogP contribution in [0.25, 0.3) is 0 Å². The second-order valence-electron chi connectivity index (χ2n) is 5.47. The van der Waals surface area contributed by atoms with Crippen LogP contribution in [0.5, 0.6) is 0 Å². The first-order valence-electron chi connectivity index (χ1n) is 6.66. The standard InChI is InChI=1S/C15H21N/c1-12-10-16(14-7-3-4-8-14)11-13-6-2-5-9-15(12)13/h2,5-6,9,12,14H,3-4,7-8,10-11H2,1H3. The Labute approximate surface area is 98.5 Å². The highest BCUT2D eigenvalue weighted by atomic mass is 15.2. The van der Waals surface area contributed by atoms with E-state index in [1.807, 2.05) is 0 Å². The zero-order chi connectivity index (χ0) is 11.0. The second-order valence-corrected chi connectivity index (χ2v) is 5.47. The van der Waals surface area contributed by atoms with Crippen LogP contribution in [0.3, 0.4) is 0 Å². The molecule has 1 heteroatoms. The molecule has 86 valence electrons. The Morgan fingerprint density at radius 3 is 2.69 bits per heavy atom. The number of benzene rings is 1. The Morgan fingerprint density at radius 1 is 1.12 bits per heavy atom. The van der Waals surface area contributed by atoms with Gasteiger partial charge in [-0.25, -0.2) is 0 Å². The normalized spacial score (nSPS) is 26.9. The topological polar surface area (TPSA) is 3.24 Å². The number of nitrogens with zero attached hydrogens (tertiary/aromatic N) is 1. The first-order valence-corrected chi connectivity index (χ1v) is 6.66. The van der Waals surface area contributed by atoms with Gasteiger partial charge in [0.25, 0.3) is 0 Å². The fourth-order valence-corrected chi connectivity index (χ4v) is 3.44. The monoisotopic (exact) mass is 215 g/mol. The molecule has 0 N–H and O–H groups in total. The minimum absolute atomic E-state index is 0.713. The van der Waals surface area contributed by atoms with Gasteiger partial charge in [0.05, 0.1) is 0 Å². The molecule has 1 heterocycles. The van der Waals surface area contributed by atoms with Gasteiger partial charge >= 0.3 is 0 Å². The number of hydrogen-bond acceptors (Lipinski definition) is 1. The van der Waals surface area contributed by atoms with Crippen LogP contribution in [0, 0.1) is 0 Å². The van der Waals surface area contributed by atoms with Gasteiger partial charge in [-0.1, -0.05) is 44.0 Å². The Morgan fingerprint density at radius 2 is 1.88 bits per heavy atom. The molecule has 0 radical (unpaired) electrons. The summed E-state index contributed by atoms with van der Waals surface area (Å²) in [6.45, 7) is 4.83. The summed E-state index contributed by atoms with van der Waals surface area (Å²) in [6.07, 6.45) is 5.73. The molecule has 16 heavy (non-hydrogen) atoms. The van der Waals surface area contributed by atoms with Crippen molar-refractivity contribution in [1.29, 1.82) is 0 Å². The average molecular weight is 215 g/mol. The summed E-state index contributed by atoms with van der Waals surface area (Å²) >= 11 is 0. The Kier molecular flexibility index (Phi) is 2.72. The lowest BCUT2D eigenvalue weighted by atomic mass is 9.90. The number of fused-ring (bicyclic) bond motifs is 1. The molecule has 0 amide bonds. The summed E-state index contributed by atoms with van der Waals surface area (Å²) in [6, 6.07) is 9.86. The number of rotatable bonds is 1. The van der Waals surface area contributed by atoms with Crippen molar-refractivity contribution in [1.82, 2.24) is 4.90 Å². The Bertz CT molecular complexity index is 365. The van der Waals surface area contributed by atoms with Crippen LogP contribution in [0.15, 0.2) is 24.3 Å². The predicted octanol–water partition coefficient (Wildman–Crippen LogP) is 3.55. The van der Waals surface area contributed by atoms with Gasteiger partial charge in [0, 0.05) is 19.1 Å². The lowest BCUT2D eigenvalue weighted by molar-refractivity contribution is 0.167. The molecular formula is C15H21N. The molecular weight excluding hydrogens is 194 g/mol. The highest BCUT2D eigenvalue weighted by Gasteiger charge is 2.28. The van der Waals surface area contributed by atoms with Crippen LogP contribution in [0.1, 0.15) is 49.7 Å². The fourth-order valence-electron chi connectivity index (χ4n) is 3.44. The molecule has 1 aromatic carbocycles. The van der Waals surface area contributed by atoms with Crippen molar-refractivity contribution in [2.45, 2.75) is 51.1 Å². The van der Waals surface area contributed by atoms with Crippen LogP contribution in [-0.4, -0.2) is 17.5 Å². The fraction of sp³-hybridized carbons (Fsp3) is 0.600. The van der Waals surface area contributed by atoms with Crippen molar-refractivity contribution in [2.24, 2.45) is 0 Å². The van der Waals surface area contributed by atoms with Gasteiger partial charge in [-0.3, -0.25) is 4.90 Å². The van der Waals surface area contributed by atoms with Crippen molar-refractivity contribution in [3.05, 3.63) is 35.4 Å². The molecule has 0 bridgehead atoms.